The lowest BCUT2D eigenvalue weighted by Gasteiger charge is -2.48. The molecule has 2 atom stereocenters. The minimum absolute atomic E-state index is 0.347. The van der Waals surface area contributed by atoms with E-state index < -0.39 is 0 Å². The van der Waals surface area contributed by atoms with E-state index in [4.69, 9.17) is 0 Å². The van der Waals surface area contributed by atoms with E-state index in [1.165, 1.54) is 12.8 Å². The van der Waals surface area contributed by atoms with E-state index in [1.807, 2.05) is 0 Å². The third kappa shape index (κ3) is 0.860. The molecular formula is C6H10Br2. The van der Waals surface area contributed by atoms with Crippen LogP contribution in [-0.4, -0.2) is 8.65 Å². The first kappa shape index (κ1) is 7.07. The molecule has 1 aliphatic carbocycles. The Morgan fingerprint density at radius 2 is 1.25 bits per heavy atom. The zero-order valence-electron chi connectivity index (χ0n) is 5.17. The van der Waals surface area contributed by atoms with Crippen molar-refractivity contribution < 1.29 is 0 Å². The van der Waals surface area contributed by atoms with Crippen molar-refractivity contribution in [3.63, 3.8) is 0 Å². The Bertz CT molecular complexity index is 91.1. The fraction of sp³-hybridized carbons (Fsp3) is 1.00. The van der Waals surface area contributed by atoms with Crippen LogP contribution in [-0.2, 0) is 0 Å². The van der Waals surface area contributed by atoms with Gasteiger partial charge in [0.25, 0.3) is 0 Å². The van der Waals surface area contributed by atoms with Crippen molar-refractivity contribution >= 4 is 31.9 Å². The van der Waals surface area contributed by atoms with Crippen molar-refractivity contribution in [2.45, 2.75) is 35.3 Å². The fourth-order valence-electron chi connectivity index (χ4n) is 0.814. The van der Waals surface area contributed by atoms with Crippen LogP contribution in [0.2, 0.25) is 0 Å². The Labute approximate surface area is 67.3 Å². The highest BCUT2D eigenvalue weighted by molar-refractivity contribution is 9.13. The summed E-state index contributed by atoms with van der Waals surface area (Å²) in [7, 11) is 0. The Balaban J connectivity index is 2.63. The van der Waals surface area contributed by atoms with Gasteiger partial charge in [0.1, 0.15) is 0 Å². The molecule has 1 aliphatic rings. The average Bonchev–Trinajstić information content (AvgIpc) is 1.64. The summed E-state index contributed by atoms with van der Waals surface area (Å²) in [6.45, 7) is 4.45. The van der Waals surface area contributed by atoms with E-state index in [9.17, 15) is 0 Å². The largest absolute Gasteiger partial charge is 0.0841 e. The number of rotatable bonds is 0. The van der Waals surface area contributed by atoms with Gasteiger partial charge in [-0.25, -0.2) is 0 Å². The zero-order chi connectivity index (χ0) is 6.41. The molecule has 0 aromatic carbocycles. The molecule has 0 radical (unpaired) electrons. The molecular weight excluding hydrogens is 232 g/mol. The molecule has 0 unspecified atom stereocenters. The van der Waals surface area contributed by atoms with Gasteiger partial charge < -0.3 is 0 Å². The highest BCUT2D eigenvalue weighted by atomic mass is 79.9. The molecule has 0 saturated heterocycles. The van der Waals surface area contributed by atoms with Crippen molar-refractivity contribution in [3.05, 3.63) is 0 Å². The second-order valence-electron chi connectivity index (χ2n) is 2.89. The van der Waals surface area contributed by atoms with Gasteiger partial charge in [0, 0.05) is 8.65 Å². The van der Waals surface area contributed by atoms with Crippen molar-refractivity contribution in [1.29, 1.82) is 0 Å². The summed E-state index contributed by atoms with van der Waals surface area (Å²) < 4.78 is 0.694. The topological polar surface area (TPSA) is 0 Å². The summed E-state index contributed by atoms with van der Waals surface area (Å²) in [5.41, 5.74) is 0. The van der Waals surface area contributed by atoms with Crippen LogP contribution >= 0.6 is 31.9 Å². The van der Waals surface area contributed by atoms with Crippen LogP contribution in [0.4, 0.5) is 0 Å². The van der Waals surface area contributed by atoms with E-state index in [0.29, 0.717) is 8.65 Å². The first-order valence-electron chi connectivity index (χ1n) is 2.84. The molecule has 0 bridgehead atoms. The molecule has 0 aromatic rings. The quantitative estimate of drug-likeness (QED) is 0.572. The molecule has 2 heteroatoms. The summed E-state index contributed by atoms with van der Waals surface area (Å²) in [4.78, 5) is 0. The molecule has 1 rings (SSSR count). The summed E-state index contributed by atoms with van der Waals surface area (Å²) in [6.07, 6.45) is 2.57. The molecule has 0 aliphatic heterocycles. The van der Waals surface area contributed by atoms with Crippen LogP contribution < -0.4 is 0 Å². The predicted molar refractivity (Wildman–Crippen MR) is 43.9 cm³/mol. The minimum atomic E-state index is 0.347. The van der Waals surface area contributed by atoms with Crippen LogP contribution in [0.25, 0.3) is 0 Å². The maximum Gasteiger partial charge on any atom is 0.0380 e. The molecule has 1 saturated carbocycles. The zero-order valence-corrected chi connectivity index (χ0v) is 8.34. The molecule has 1 fully saturated rings. The summed E-state index contributed by atoms with van der Waals surface area (Å²) in [6, 6.07) is 0. The second-order valence-corrected chi connectivity index (χ2v) is 6.40. The highest BCUT2D eigenvalue weighted by Crippen LogP contribution is 2.53. The SMILES string of the molecule is C[C@]1(Br)CC[C@]1(C)Br. The van der Waals surface area contributed by atoms with Crippen LogP contribution in [0.15, 0.2) is 0 Å². The van der Waals surface area contributed by atoms with Gasteiger partial charge >= 0.3 is 0 Å². The standard InChI is InChI=1S/C6H10Br2/c1-5(7)3-4-6(5,2)8/h3-4H2,1-2H3/t5-,6-/m0/s1. The Kier molecular flexibility index (Phi) is 1.52. The normalized spacial score (nSPS) is 55.5. The maximum absolute atomic E-state index is 3.64. The Hall–Kier alpha value is 0.960. The van der Waals surface area contributed by atoms with Gasteiger partial charge in [-0.1, -0.05) is 31.9 Å². The van der Waals surface area contributed by atoms with Gasteiger partial charge in [-0.05, 0) is 26.7 Å². The van der Waals surface area contributed by atoms with Gasteiger partial charge in [-0.15, -0.1) is 0 Å². The first-order chi connectivity index (χ1) is 3.46. The fourth-order valence-corrected chi connectivity index (χ4v) is 1.61. The third-order valence-corrected chi connectivity index (χ3v) is 5.23. The Morgan fingerprint density at radius 1 is 1.00 bits per heavy atom. The van der Waals surface area contributed by atoms with Crippen LogP contribution in [0.3, 0.4) is 0 Å². The summed E-state index contributed by atoms with van der Waals surface area (Å²) in [5.74, 6) is 0. The molecule has 0 aromatic heterocycles. The van der Waals surface area contributed by atoms with E-state index in [1.54, 1.807) is 0 Å². The van der Waals surface area contributed by atoms with Crippen molar-refractivity contribution in [3.8, 4) is 0 Å². The molecule has 0 nitrogen and oxygen atoms in total. The van der Waals surface area contributed by atoms with E-state index in [2.05, 4.69) is 45.7 Å². The van der Waals surface area contributed by atoms with Crippen molar-refractivity contribution in [1.82, 2.24) is 0 Å². The van der Waals surface area contributed by atoms with Crippen LogP contribution in [0.1, 0.15) is 26.7 Å². The molecule has 0 heterocycles. The van der Waals surface area contributed by atoms with Crippen LogP contribution in [0, 0.1) is 0 Å². The number of alkyl halides is 2. The summed E-state index contributed by atoms with van der Waals surface area (Å²) >= 11 is 7.28. The lowest BCUT2D eigenvalue weighted by atomic mass is 9.76. The second kappa shape index (κ2) is 1.72. The predicted octanol–water partition coefficient (Wildman–Crippen LogP) is 3.09. The average molecular weight is 242 g/mol. The van der Waals surface area contributed by atoms with E-state index in [0.717, 1.165) is 0 Å². The molecule has 0 N–H and O–H groups in total. The summed E-state index contributed by atoms with van der Waals surface area (Å²) in [5, 5.41) is 0. The van der Waals surface area contributed by atoms with Gasteiger partial charge in [0.15, 0.2) is 0 Å². The maximum atomic E-state index is 3.64. The van der Waals surface area contributed by atoms with Gasteiger partial charge in [-0.3, -0.25) is 0 Å². The number of halogens is 2. The van der Waals surface area contributed by atoms with Gasteiger partial charge in [-0.2, -0.15) is 0 Å². The first-order valence-corrected chi connectivity index (χ1v) is 4.42. The molecule has 48 valence electrons. The molecule has 0 spiro atoms. The molecule has 0 amide bonds. The Morgan fingerprint density at radius 3 is 1.25 bits per heavy atom. The van der Waals surface area contributed by atoms with E-state index in [-0.39, 0.29) is 0 Å². The number of hydrogen-bond acceptors (Lipinski definition) is 0. The minimum Gasteiger partial charge on any atom is -0.0841 e. The third-order valence-electron chi connectivity index (χ3n) is 2.15. The lowest BCUT2D eigenvalue weighted by Crippen LogP contribution is -2.49. The highest BCUT2D eigenvalue weighted by Gasteiger charge is 2.49. The van der Waals surface area contributed by atoms with Gasteiger partial charge in [0.05, 0.1) is 0 Å². The van der Waals surface area contributed by atoms with Crippen molar-refractivity contribution in [2.24, 2.45) is 0 Å². The lowest BCUT2D eigenvalue weighted by molar-refractivity contribution is 0.317. The van der Waals surface area contributed by atoms with E-state index >= 15 is 0 Å². The molecule has 8 heavy (non-hydrogen) atoms. The van der Waals surface area contributed by atoms with Crippen LogP contribution in [0.5, 0.6) is 0 Å². The van der Waals surface area contributed by atoms with Gasteiger partial charge in [0.2, 0.25) is 0 Å². The smallest absolute Gasteiger partial charge is 0.0380 e. The van der Waals surface area contributed by atoms with Crippen molar-refractivity contribution in [2.75, 3.05) is 0 Å². The monoisotopic (exact) mass is 240 g/mol. The number of hydrogen-bond donors (Lipinski definition) is 0.